The van der Waals surface area contributed by atoms with Gasteiger partial charge in [-0.25, -0.2) is 18.6 Å². The number of carboxylic acid groups (broad SMARTS) is 1. The van der Waals surface area contributed by atoms with E-state index in [0.29, 0.717) is 4.88 Å². The molecule has 3 aromatic rings. The van der Waals surface area contributed by atoms with E-state index in [-0.39, 0.29) is 40.8 Å². The summed E-state index contributed by atoms with van der Waals surface area (Å²) >= 11 is 1.04. The summed E-state index contributed by atoms with van der Waals surface area (Å²) in [6, 6.07) is 1.67. The van der Waals surface area contributed by atoms with Crippen molar-refractivity contribution in [3.05, 3.63) is 68.6 Å². The van der Waals surface area contributed by atoms with Crippen molar-refractivity contribution in [2.45, 2.75) is 32.4 Å². The Kier molecular flexibility index (Phi) is 5.75. The van der Waals surface area contributed by atoms with E-state index in [4.69, 9.17) is 0 Å². The lowest BCUT2D eigenvalue weighted by Gasteiger charge is -2.36. The molecule has 33 heavy (non-hydrogen) atoms. The van der Waals surface area contributed by atoms with Crippen molar-refractivity contribution < 1.29 is 28.6 Å². The van der Waals surface area contributed by atoms with Crippen LogP contribution in [0.3, 0.4) is 0 Å². The number of hydrogen-bond acceptors (Lipinski definition) is 6. The normalized spacial score (nSPS) is 15.7. The minimum absolute atomic E-state index is 0.0795. The van der Waals surface area contributed by atoms with Gasteiger partial charge in [-0.3, -0.25) is 9.59 Å². The molecule has 0 radical (unpaired) electrons. The molecule has 0 saturated carbocycles. The van der Waals surface area contributed by atoms with Gasteiger partial charge in [0.25, 0.3) is 5.91 Å². The molecule has 3 heterocycles. The number of halogens is 2. The van der Waals surface area contributed by atoms with Gasteiger partial charge in [-0.1, -0.05) is 6.07 Å². The van der Waals surface area contributed by atoms with Crippen LogP contribution >= 0.6 is 11.3 Å². The molecule has 0 bridgehead atoms. The number of aromatic hydroxyl groups is 1. The first-order chi connectivity index (χ1) is 15.6. The fraction of sp³-hybridized carbons (Fsp3) is 0.273. The van der Waals surface area contributed by atoms with Gasteiger partial charge in [-0.2, -0.15) is 0 Å². The van der Waals surface area contributed by atoms with E-state index >= 15 is 0 Å². The highest BCUT2D eigenvalue weighted by molar-refractivity contribution is 7.15. The smallest absolute Gasteiger partial charge is 0.328 e. The third-order valence-corrected chi connectivity index (χ3v) is 6.48. The Morgan fingerprint density at radius 1 is 1.30 bits per heavy atom. The Morgan fingerprint density at radius 2 is 2.03 bits per heavy atom. The first-order valence-corrected chi connectivity index (χ1v) is 10.8. The first-order valence-electron chi connectivity index (χ1n) is 9.99. The summed E-state index contributed by atoms with van der Waals surface area (Å²) in [6.07, 6.45) is 2.73. The summed E-state index contributed by atoms with van der Waals surface area (Å²) in [7, 11) is 0. The number of thiazole rings is 1. The summed E-state index contributed by atoms with van der Waals surface area (Å²) in [5.41, 5.74) is -1.09. The minimum Gasteiger partial charge on any atom is -0.503 e. The molecule has 0 saturated heterocycles. The summed E-state index contributed by atoms with van der Waals surface area (Å²) < 4.78 is 28.2. The first kappa shape index (κ1) is 22.6. The molecule has 1 aliphatic heterocycles. The van der Waals surface area contributed by atoms with Crippen molar-refractivity contribution in [2.24, 2.45) is 0 Å². The number of carboxylic acids is 1. The van der Waals surface area contributed by atoms with Crippen molar-refractivity contribution >= 4 is 23.2 Å². The van der Waals surface area contributed by atoms with Crippen LogP contribution < -0.4 is 5.43 Å². The van der Waals surface area contributed by atoms with Crippen molar-refractivity contribution in [1.82, 2.24) is 14.5 Å². The van der Waals surface area contributed by atoms with Crippen molar-refractivity contribution in [3.63, 3.8) is 0 Å². The van der Waals surface area contributed by atoms with Gasteiger partial charge >= 0.3 is 5.97 Å². The fourth-order valence-corrected chi connectivity index (χ4v) is 4.67. The van der Waals surface area contributed by atoms with E-state index in [9.17, 15) is 33.4 Å². The number of carbonyl (C=O) groups is 2. The number of aliphatic carboxylic acids is 1. The van der Waals surface area contributed by atoms with E-state index in [0.717, 1.165) is 28.0 Å². The summed E-state index contributed by atoms with van der Waals surface area (Å²) in [5, 5.41) is 20.5. The molecule has 1 atom stereocenters. The van der Waals surface area contributed by atoms with E-state index in [1.54, 1.807) is 13.8 Å². The Hall–Kier alpha value is -3.60. The second-order valence-corrected chi connectivity index (χ2v) is 9.04. The molecule has 0 fully saturated rings. The molecular weight excluding hydrogens is 456 g/mol. The van der Waals surface area contributed by atoms with Gasteiger partial charge in [-0.05, 0) is 25.5 Å². The van der Waals surface area contributed by atoms with Gasteiger partial charge in [-0.15, -0.1) is 11.3 Å². The molecule has 172 valence electrons. The Labute approximate surface area is 190 Å². The van der Waals surface area contributed by atoms with E-state index in [1.165, 1.54) is 23.4 Å². The molecule has 11 heteroatoms. The number of benzene rings is 1. The minimum atomic E-state index is -1.23. The molecule has 0 spiro atoms. The summed E-state index contributed by atoms with van der Waals surface area (Å²) in [5.74, 6) is -4.13. The van der Waals surface area contributed by atoms with E-state index in [2.05, 4.69) is 4.98 Å². The molecule has 2 aromatic heterocycles. The predicted octanol–water partition coefficient (Wildman–Crippen LogP) is 3.04. The lowest BCUT2D eigenvalue weighted by atomic mass is 10.1. The Morgan fingerprint density at radius 3 is 2.67 bits per heavy atom. The van der Waals surface area contributed by atoms with Crippen molar-refractivity contribution in [1.29, 1.82) is 0 Å². The van der Waals surface area contributed by atoms with Crippen LogP contribution in [0.2, 0.25) is 0 Å². The number of nitrogens with zero attached hydrogens (tertiary/aromatic N) is 3. The van der Waals surface area contributed by atoms with Crippen molar-refractivity contribution in [3.8, 4) is 16.3 Å². The number of rotatable bonds is 5. The van der Waals surface area contributed by atoms with Crippen LogP contribution in [0.15, 0.2) is 35.4 Å². The van der Waals surface area contributed by atoms with Crippen LogP contribution in [-0.2, 0) is 11.2 Å². The van der Waals surface area contributed by atoms with E-state index < -0.39 is 40.7 Å². The maximum Gasteiger partial charge on any atom is 0.328 e. The molecule has 4 rings (SSSR count). The fourth-order valence-electron chi connectivity index (χ4n) is 3.73. The van der Waals surface area contributed by atoms with E-state index in [1.807, 2.05) is 0 Å². The SMILES string of the molecule is CC(C)N1CC(C(=O)O)n2cc(-c3ncc(Cc4ccc(F)cc4F)s3)c(=O)c(O)c2C1=O. The molecule has 1 aliphatic rings. The average Bonchev–Trinajstić information content (AvgIpc) is 3.20. The van der Waals surface area contributed by atoms with Gasteiger partial charge in [0.2, 0.25) is 5.43 Å². The topological polar surface area (TPSA) is 113 Å². The summed E-state index contributed by atoms with van der Waals surface area (Å²) in [6.45, 7) is 3.28. The quantitative estimate of drug-likeness (QED) is 0.587. The highest BCUT2D eigenvalue weighted by Crippen LogP contribution is 2.32. The molecule has 1 unspecified atom stereocenters. The Balaban J connectivity index is 1.77. The zero-order valence-electron chi connectivity index (χ0n) is 17.6. The predicted molar refractivity (Wildman–Crippen MR) is 115 cm³/mol. The molecule has 1 aromatic carbocycles. The maximum atomic E-state index is 14.0. The third kappa shape index (κ3) is 3.99. The number of carbonyl (C=O) groups excluding carboxylic acids is 1. The van der Waals surface area contributed by atoms with Gasteiger partial charge in [0, 0.05) is 35.8 Å². The number of amides is 1. The second-order valence-electron chi connectivity index (χ2n) is 7.93. The van der Waals surface area contributed by atoms with Crippen LogP contribution in [0.25, 0.3) is 10.6 Å². The molecule has 8 nitrogen and oxygen atoms in total. The number of aromatic nitrogens is 2. The van der Waals surface area contributed by atoms with Crippen LogP contribution in [0.1, 0.15) is 40.8 Å². The van der Waals surface area contributed by atoms with Crippen LogP contribution in [0, 0.1) is 11.6 Å². The molecule has 0 aliphatic carbocycles. The van der Waals surface area contributed by atoms with Gasteiger partial charge in [0.15, 0.2) is 11.4 Å². The van der Waals surface area contributed by atoms with Crippen LogP contribution in [-0.4, -0.2) is 49.1 Å². The molecule has 2 N–H and O–H groups in total. The monoisotopic (exact) mass is 475 g/mol. The number of pyridine rings is 1. The standard InChI is InChI=1S/C22H19F2N3O5S/c1-10(2)26-9-16(22(31)32)27-8-14(18(28)19(29)17(27)21(26)30)20-25-7-13(33-20)5-11-3-4-12(23)6-15(11)24/h3-4,6-8,10,16,29H,5,9H2,1-2H3,(H,31,32). The molecular formula is C22H19F2N3O5S. The zero-order valence-corrected chi connectivity index (χ0v) is 18.4. The van der Waals surface area contributed by atoms with Gasteiger partial charge in [0.1, 0.15) is 22.7 Å². The van der Waals surface area contributed by atoms with Gasteiger partial charge in [0.05, 0.1) is 12.1 Å². The largest absolute Gasteiger partial charge is 0.503 e. The second kappa shape index (κ2) is 8.39. The van der Waals surface area contributed by atoms with Crippen LogP contribution in [0.5, 0.6) is 5.75 Å². The third-order valence-electron chi connectivity index (χ3n) is 5.45. The zero-order chi connectivity index (χ0) is 24.0. The maximum absolute atomic E-state index is 14.0. The Bertz CT molecular complexity index is 1330. The average molecular weight is 475 g/mol. The number of hydrogen-bond donors (Lipinski definition) is 2. The summed E-state index contributed by atoms with van der Waals surface area (Å²) in [4.78, 5) is 43.7. The van der Waals surface area contributed by atoms with Gasteiger partial charge < -0.3 is 19.7 Å². The highest BCUT2D eigenvalue weighted by Gasteiger charge is 2.39. The lowest BCUT2D eigenvalue weighted by molar-refractivity contribution is -0.141. The van der Waals surface area contributed by atoms with Crippen LogP contribution in [0.4, 0.5) is 8.78 Å². The van der Waals surface area contributed by atoms with Crippen molar-refractivity contribution in [2.75, 3.05) is 6.54 Å². The number of fused-ring (bicyclic) bond motifs is 1. The molecule has 1 amide bonds. The highest BCUT2D eigenvalue weighted by atomic mass is 32.1. The lowest BCUT2D eigenvalue weighted by Crippen LogP contribution is -2.49.